The molecule has 1 saturated heterocycles. The summed E-state index contributed by atoms with van der Waals surface area (Å²) < 4.78 is 5.36. The maximum atomic E-state index is 6.23. The number of hydrogen-bond acceptors (Lipinski definition) is 3. The molecule has 1 aromatic carbocycles. The molecule has 1 heterocycles. The molecule has 2 rings (SSSR count). The van der Waals surface area contributed by atoms with E-state index < -0.39 is 0 Å². The number of hydrogen-bond donors (Lipinski definition) is 1. The molecule has 1 aliphatic heterocycles. The number of likely N-dealkylation sites (tertiary alicyclic amines) is 1. The van der Waals surface area contributed by atoms with Gasteiger partial charge in [-0.05, 0) is 63.5 Å². The molecular weight excluding hydrogens is 284 g/mol. The van der Waals surface area contributed by atoms with E-state index in [0.717, 1.165) is 35.3 Å². The van der Waals surface area contributed by atoms with Gasteiger partial charge in [-0.15, -0.1) is 0 Å². The molecule has 3 nitrogen and oxygen atoms in total. The van der Waals surface area contributed by atoms with Gasteiger partial charge in [-0.2, -0.15) is 0 Å². The van der Waals surface area contributed by atoms with Crippen molar-refractivity contribution >= 4 is 11.6 Å². The second kappa shape index (κ2) is 8.62. The molecule has 1 N–H and O–H groups in total. The third-order valence-electron chi connectivity index (χ3n) is 4.30. The fourth-order valence-corrected chi connectivity index (χ4v) is 3.06. The van der Waals surface area contributed by atoms with Crippen molar-refractivity contribution in [3.63, 3.8) is 0 Å². The Balaban J connectivity index is 1.66. The second-order valence-corrected chi connectivity index (χ2v) is 6.38. The van der Waals surface area contributed by atoms with Crippen LogP contribution in [0.2, 0.25) is 5.02 Å². The zero-order chi connectivity index (χ0) is 15.1. The Kier molecular flexibility index (Phi) is 6.81. The quantitative estimate of drug-likeness (QED) is 0.779. The Morgan fingerprint density at radius 2 is 2.10 bits per heavy atom. The standard InChI is InChI=1S/C17H27ClN2O/c1-14-7-11-20(12-8-14)10-4-9-19-13-15-16(18)5-3-6-17(15)21-2/h3,5-6,14,19H,4,7-13H2,1-2H3. The molecule has 0 bridgehead atoms. The monoisotopic (exact) mass is 310 g/mol. The zero-order valence-corrected chi connectivity index (χ0v) is 14.0. The lowest BCUT2D eigenvalue weighted by Gasteiger charge is -2.30. The summed E-state index contributed by atoms with van der Waals surface area (Å²) in [6.45, 7) is 7.86. The molecule has 0 unspecified atom stereocenters. The molecule has 0 radical (unpaired) electrons. The van der Waals surface area contributed by atoms with E-state index in [4.69, 9.17) is 16.3 Å². The first-order valence-corrected chi connectivity index (χ1v) is 8.33. The Morgan fingerprint density at radius 1 is 1.33 bits per heavy atom. The van der Waals surface area contributed by atoms with E-state index in [9.17, 15) is 0 Å². The molecule has 0 saturated carbocycles. The van der Waals surface area contributed by atoms with Crippen molar-refractivity contribution in [3.05, 3.63) is 28.8 Å². The maximum absolute atomic E-state index is 6.23. The highest BCUT2D eigenvalue weighted by Crippen LogP contribution is 2.25. The molecule has 1 aromatic rings. The summed E-state index contributed by atoms with van der Waals surface area (Å²) in [5, 5.41) is 4.24. The van der Waals surface area contributed by atoms with Gasteiger partial charge in [-0.1, -0.05) is 24.6 Å². The van der Waals surface area contributed by atoms with E-state index >= 15 is 0 Å². The third kappa shape index (κ3) is 5.17. The summed E-state index contributed by atoms with van der Waals surface area (Å²) in [6, 6.07) is 5.79. The Labute approximate surface area is 133 Å². The van der Waals surface area contributed by atoms with Crippen LogP contribution in [-0.2, 0) is 6.54 Å². The number of halogens is 1. The summed E-state index contributed by atoms with van der Waals surface area (Å²) in [5.74, 6) is 1.77. The van der Waals surface area contributed by atoms with Crippen LogP contribution in [0.5, 0.6) is 5.75 Å². The molecule has 0 amide bonds. The van der Waals surface area contributed by atoms with Gasteiger partial charge >= 0.3 is 0 Å². The van der Waals surface area contributed by atoms with E-state index in [1.807, 2.05) is 18.2 Å². The average Bonchev–Trinajstić information content (AvgIpc) is 2.50. The van der Waals surface area contributed by atoms with Crippen LogP contribution in [0, 0.1) is 5.92 Å². The molecule has 0 aromatic heterocycles. The first-order chi connectivity index (χ1) is 10.2. The Morgan fingerprint density at radius 3 is 2.81 bits per heavy atom. The van der Waals surface area contributed by atoms with Crippen molar-refractivity contribution in [2.24, 2.45) is 5.92 Å². The SMILES string of the molecule is COc1cccc(Cl)c1CNCCCN1CCC(C)CC1. The minimum Gasteiger partial charge on any atom is -0.496 e. The normalized spacial score (nSPS) is 17.1. The molecule has 0 aliphatic carbocycles. The number of piperidine rings is 1. The fourth-order valence-electron chi connectivity index (χ4n) is 2.83. The highest BCUT2D eigenvalue weighted by Gasteiger charge is 2.14. The molecule has 118 valence electrons. The van der Waals surface area contributed by atoms with E-state index in [2.05, 4.69) is 17.1 Å². The molecule has 21 heavy (non-hydrogen) atoms. The van der Waals surface area contributed by atoms with Gasteiger partial charge in [-0.3, -0.25) is 0 Å². The molecular formula is C17H27ClN2O. The van der Waals surface area contributed by atoms with Gasteiger partial charge in [0.15, 0.2) is 0 Å². The van der Waals surface area contributed by atoms with E-state index in [1.165, 1.54) is 38.9 Å². The van der Waals surface area contributed by atoms with Gasteiger partial charge in [0.05, 0.1) is 7.11 Å². The van der Waals surface area contributed by atoms with Crippen LogP contribution in [0.1, 0.15) is 31.7 Å². The highest BCUT2D eigenvalue weighted by atomic mass is 35.5. The van der Waals surface area contributed by atoms with Crippen LogP contribution < -0.4 is 10.1 Å². The highest BCUT2D eigenvalue weighted by molar-refractivity contribution is 6.31. The Hall–Kier alpha value is -0.770. The van der Waals surface area contributed by atoms with Gasteiger partial charge in [0.25, 0.3) is 0 Å². The summed E-state index contributed by atoms with van der Waals surface area (Å²) in [7, 11) is 1.69. The van der Waals surface area contributed by atoms with Crippen molar-refractivity contribution in [1.82, 2.24) is 10.2 Å². The smallest absolute Gasteiger partial charge is 0.124 e. The van der Waals surface area contributed by atoms with Crippen molar-refractivity contribution < 1.29 is 4.74 Å². The topological polar surface area (TPSA) is 24.5 Å². The number of nitrogens with one attached hydrogen (secondary N) is 1. The van der Waals surface area contributed by atoms with Gasteiger partial charge in [-0.25, -0.2) is 0 Å². The number of methoxy groups -OCH3 is 1. The van der Waals surface area contributed by atoms with Gasteiger partial charge < -0.3 is 15.0 Å². The number of rotatable bonds is 7. The van der Waals surface area contributed by atoms with Crippen LogP contribution in [0.4, 0.5) is 0 Å². The van der Waals surface area contributed by atoms with Gasteiger partial charge in [0, 0.05) is 17.1 Å². The lowest BCUT2D eigenvalue weighted by Crippen LogP contribution is -2.34. The maximum Gasteiger partial charge on any atom is 0.124 e. The first kappa shape index (κ1) is 16.6. The minimum absolute atomic E-state index is 0.764. The minimum atomic E-state index is 0.764. The number of nitrogens with zero attached hydrogens (tertiary/aromatic N) is 1. The molecule has 0 spiro atoms. The van der Waals surface area contributed by atoms with Crippen LogP contribution in [0.25, 0.3) is 0 Å². The second-order valence-electron chi connectivity index (χ2n) is 5.98. The summed E-state index contributed by atoms with van der Waals surface area (Å²) in [5.41, 5.74) is 1.05. The van der Waals surface area contributed by atoms with Crippen LogP contribution in [0.3, 0.4) is 0 Å². The van der Waals surface area contributed by atoms with Crippen LogP contribution in [-0.4, -0.2) is 38.2 Å². The summed E-state index contributed by atoms with van der Waals surface area (Å²) in [4.78, 5) is 2.58. The third-order valence-corrected chi connectivity index (χ3v) is 4.66. The average molecular weight is 311 g/mol. The summed E-state index contributed by atoms with van der Waals surface area (Å²) in [6.07, 6.45) is 3.88. The van der Waals surface area contributed by atoms with Gasteiger partial charge in [0.2, 0.25) is 0 Å². The zero-order valence-electron chi connectivity index (χ0n) is 13.2. The van der Waals surface area contributed by atoms with Crippen LogP contribution in [0.15, 0.2) is 18.2 Å². The lowest BCUT2D eigenvalue weighted by molar-refractivity contribution is 0.190. The van der Waals surface area contributed by atoms with E-state index in [-0.39, 0.29) is 0 Å². The van der Waals surface area contributed by atoms with E-state index in [1.54, 1.807) is 7.11 Å². The predicted molar refractivity (Wildman–Crippen MR) is 89.2 cm³/mol. The molecule has 1 aliphatic rings. The number of ether oxygens (including phenoxy) is 1. The van der Waals surface area contributed by atoms with E-state index in [0.29, 0.717) is 0 Å². The largest absolute Gasteiger partial charge is 0.496 e. The van der Waals surface area contributed by atoms with Crippen molar-refractivity contribution in [1.29, 1.82) is 0 Å². The van der Waals surface area contributed by atoms with Crippen molar-refractivity contribution in [3.8, 4) is 5.75 Å². The summed E-state index contributed by atoms with van der Waals surface area (Å²) >= 11 is 6.23. The molecule has 0 atom stereocenters. The molecule has 4 heteroatoms. The van der Waals surface area contributed by atoms with Crippen LogP contribution >= 0.6 is 11.6 Å². The van der Waals surface area contributed by atoms with Crippen molar-refractivity contribution in [2.75, 3.05) is 33.3 Å². The predicted octanol–water partition coefficient (Wildman–Crippen LogP) is 3.56. The van der Waals surface area contributed by atoms with Crippen molar-refractivity contribution in [2.45, 2.75) is 32.7 Å². The lowest BCUT2D eigenvalue weighted by atomic mass is 9.99. The fraction of sp³-hybridized carbons (Fsp3) is 0.647. The Bertz CT molecular complexity index is 431. The molecule has 1 fully saturated rings. The number of benzene rings is 1. The first-order valence-electron chi connectivity index (χ1n) is 7.95. The van der Waals surface area contributed by atoms with Gasteiger partial charge in [0.1, 0.15) is 5.75 Å².